The number of hydrogen-bond donors (Lipinski definition) is 3. The Labute approximate surface area is 211 Å². The van der Waals surface area contributed by atoms with E-state index in [1.807, 2.05) is 42.5 Å². The number of rotatable bonds is 7. The molecule has 0 saturated carbocycles. The number of carbonyl (C=O) groups is 2. The molecule has 1 fully saturated rings. The van der Waals surface area contributed by atoms with Crippen LogP contribution in [0.1, 0.15) is 36.5 Å². The van der Waals surface area contributed by atoms with Gasteiger partial charge in [0.2, 0.25) is 5.91 Å². The van der Waals surface area contributed by atoms with Crippen molar-refractivity contribution in [2.75, 3.05) is 13.2 Å². The van der Waals surface area contributed by atoms with E-state index in [0.29, 0.717) is 32.5 Å². The zero-order valence-electron chi connectivity index (χ0n) is 20.2. The third-order valence-corrected chi connectivity index (χ3v) is 7.91. The number of fused-ring (bicyclic) bond motifs is 1. The first-order chi connectivity index (χ1) is 17.1. The SMILES string of the molecule is C=C(C)OC(=O)NC1(C(=O)N[C@H](N)Cc2ccc(-c3ccc4c(c3)CS(=O)(=O)C4)cc2)CCOCC1. The van der Waals surface area contributed by atoms with Crippen LogP contribution in [-0.2, 0) is 42.0 Å². The summed E-state index contributed by atoms with van der Waals surface area (Å²) in [4.78, 5) is 25.3. The fourth-order valence-corrected chi connectivity index (χ4v) is 6.16. The highest BCUT2D eigenvalue weighted by atomic mass is 32.2. The minimum Gasteiger partial charge on any atom is -0.416 e. The molecule has 10 heteroatoms. The Hall–Kier alpha value is -3.21. The molecular weight excluding hydrogens is 482 g/mol. The van der Waals surface area contributed by atoms with E-state index < -0.39 is 27.6 Å². The standard InChI is InChI=1S/C26H31N3O6S/c1-17(2)35-25(31)29-26(9-11-34-12-10-26)24(30)28-23(27)13-18-3-5-19(6-4-18)20-7-8-21-15-36(32,33)16-22(21)14-20/h3-8,14,23H,1,9-13,15-16,27H2,2H3,(H,28,30)(H,29,31)/t23-/m0/s1. The summed E-state index contributed by atoms with van der Waals surface area (Å²) in [6.45, 7) is 5.74. The number of hydrogen-bond acceptors (Lipinski definition) is 7. The van der Waals surface area contributed by atoms with Crippen molar-refractivity contribution in [3.63, 3.8) is 0 Å². The lowest BCUT2D eigenvalue weighted by atomic mass is 9.89. The molecule has 0 aliphatic carbocycles. The van der Waals surface area contributed by atoms with Crippen LogP contribution >= 0.6 is 0 Å². The molecule has 0 radical (unpaired) electrons. The number of amides is 2. The van der Waals surface area contributed by atoms with Gasteiger partial charge >= 0.3 is 6.09 Å². The van der Waals surface area contributed by atoms with Crippen molar-refractivity contribution in [2.45, 2.75) is 49.4 Å². The van der Waals surface area contributed by atoms with Gasteiger partial charge in [-0.1, -0.05) is 43.0 Å². The molecule has 1 saturated heterocycles. The number of nitrogens with two attached hydrogens (primary N) is 1. The van der Waals surface area contributed by atoms with E-state index >= 15 is 0 Å². The van der Waals surface area contributed by atoms with E-state index in [4.69, 9.17) is 15.2 Å². The number of alkyl carbamates (subject to hydrolysis) is 1. The predicted octanol–water partition coefficient (Wildman–Crippen LogP) is 2.53. The van der Waals surface area contributed by atoms with Gasteiger partial charge in [-0.15, -0.1) is 0 Å². The van der Waals surface area contributed by atoms with Crippen molar-refractivity contribution in [2.24, 2.45) is 5.73 Å². The monoisotopic (exact) mass is 513 g/mol. The van der Waals surface area contributed by atoms with Crippen LogP contribution in [0.4, 0.5) is 4.79 Å². The van der Waals surface area contributed by atoms with E-state index in [1.165, 1.54) is 0 Å². The van der Waals surface area contributed by atoms with Crippen LogP contribution in [0.2, 0.25) is 0 Å². The minimum absolute atomic E-state index is 0.0796. The largest absolute Gasteiger partial charge is 0.416 e. The van der Waals surface area contributed by atoms with E-state index in [9.17, 15) is 18.0 Å². The second-order valence-electron chi connectivity index (χ2n) is 9.41. The number of sulfone groups is 1. The van der Waals surface area contributed by atoms with Crippen LogP contribution in [-0.4, -0.2) is 45.3 Å². The summed E-state index contributed by atoms with van der Waals surface area (Å²) in [7, 11) is -3.05. The molecule has 0 aromatic heterocycles. The molecule has 0 bridgehead atoms. The van der Waals surface area contributed by atoms with Crippen molar-refractivity contribution in [1.29, 1.82) is 0 Å². The van der Waals surface area contributed by atoms with Crippen molar-refractivity contribution < 1.29 is 27.5 Å². The second-order valence-corrected chi connectivity index (χ2v) is 11.5. The number of benzene rings is 2. The molecule has 4 rings (SSSR count). The minimum atomic E-state index is -3.05. The smallest absolute Gasteiger partial charge is 0.413 e. The predicted molar refractivity (Wildman–Crippen MR) is 135 cm³/mol. The maximum Gasteiger partial charge on any atom is 0.413 e. The maximum atomic E-state index is 13.1. The van der Waals surface area contributed by atoms with Crippen LogP contribution in [0.25, 0.3) is 11.1 Å². The Morgan fingerprint density at radius 2 is 1.72 bits per heavy atom. The first kappa shape index (κ1) is 25.9. The topological polar surface area (TPSA) is 137 Å². The number of nitrogens with one attached hydrogen (secondary N) is 2. The Balaban J connectivity index is 1.39. The van der Waals surface area contributed by atoms with Gasteiger partial charge in [-0.05, 0) is 40.8 Å². The molecule has 4 N–H and O–H groups in total. The summed E-state index contributed by atoms with van der Waals surface area (Å²) in [5.41, 5.74) is 9.62. The molecule has 2 aliphatic rings. The normalized spacial score (nSPS) is 18.5. The Morgan fingerprint density at radius 3 is 2.39 bits per heavy atom. The second kappa shape index (κ2) is 10.4. The first-order valence-electron chi connectivity index (χ1n) is 11.8. The summed E-state index contributed by atoms with van der Waals surface area (Å²) >= 11 is 0. The van der Waals surface area contributed by atoms with Crippen molar-refractivity contribution in [3.05, 3.63) is 71.5 Å². The lowest BCUT2D eigenvalue weighted by molar-refractivity contribution is -0.132. The molecule has 2 aliphatic heterocycles. The molecule has 2 aromatic carbocycles. The van der Waals surface area contributed by atoms with Gasteiger partial charge in [0.05, 0.1) is 23.4 Å². The van der Waals surface area contributed by atoms with Gasteiger partial charge < -0.3 is 25.8 Å². The highest BCUT2D eigenvalue weighted by Gasteiger charge is 2.42. The number of carbonyl (C=O) groups excluding carboxylic acids is 2. The zero-order chi connectivity index (χ0) is 25.9. The van der Waals surface area contributed by atoms with E-state index in [0.717, 1.165) is 27.8 Å². The molecule has 9 nitrogen and oxygen atoms in total. The molecule has 1 atom stereocenters. The van der Waals surface area contributed by atoms with Crippen LogP contribution in [0.3, 0.4) is 0 Å². The summed E-state index contributed by atoms with van der Waals surface area (Å²) in [6.07, 6.45) is -0.432. The fraction of sp³-hybridized carbons (Fsp3) is 0.385. The van der Waals surface area contributed by atoms with Crippen molar-refractivity contribution in [3.8, 4) is 11.1 Å². The summed E-state index contributed by atoms with van der Waals surface area (Å²) in [5, 5.41) is 5.49. The molecule has 0 unspecified atom stereocenters. The van der Waals surface area contributed by atoms with E-state index in [1.54, 1.807) is 6.92 Å². The van der Waals surface area contributed by atoms with Gasteiger partial charge in [0, 0.05) is 32.5 Å². The van der Waals surface area contributed by atoms with Gasteiger partial charge in [-0.2, -0.15) is 0 Å². The van der Waals surface area contributed by atoms with Gasteiger partial charge in [0.25, 0.3) is 0 Å². The van der Waals surface area contributed by atoms with Crippen LogP contribution < -0.4 is 16.4 Å². The van der Waals surface area contributed by atoms with Gasteiger partial charge in [0.1, 0.15) is 5.54 Å². The number of allylic oxidation sites excluding steroid dienone is 1. The molecule has 2 amide bonds. The zero-order valence-corrected chi connectivity index (χ0v) is 21.0. The lowest BCUT2D eigenvalue weighted by Gasteiger charge is -2.36. The third kappa shape index (κ3) is 6.13. The summed E-state index contributed by atoms with van der Waals surface area (Å²) in [6, 6.07) is 13.5. The van der Waals surface area contributed by atoms with Crippen LogP contribution in [0.5, 0.6) is 0 Å². The molecule has 0 spiro atoms. The van der Waals surface area contributed by atoms with Crippen molar-refractivity contribution in [1.82, 2.24) is 10.6 Å². The molecule has 192 valence electrons. The Kier molecular flexibility index (Phi) is 7.49. The molecular formula is C26H31N3O6S. The first-order valence-corrected chi connectivity index (χ1v) is 13.6. The van der Waals surface area contributed by atoms with Crippen LogP contribution in [0, 0.1) is 0 Å². The fourth-order valence-electron chi connectivity index (χ4n) is 4.56. The van der Waals surface area contributed by atoms with Gasteiger partial charge in [0.15, 0.2) is 9.84 Å². The highest BCUT2D eigenvalue weighted by Crippen LogP contribution is 2.30. The van der Waals surface area contributed by atoms with E-state index in [-0.39, 0.29) is 23.2 Å². The summed E-state index contributed by atoms with van der Waals surface area (Å²) < 4.78 is 34.1. The molecule has 2 heterocycles. The Morgan fingerprint density at radius 1 is 1.08 bits per heavy atom. The van der Waals surface area contributed by atoms with Gasteiger partial charge in [-0.3, -0.25) is 4.79 Å². The van der Waals surface area contributed by atoms with Crippen LogP contribution in [0.15, 0.2) is 54.8 Å². The lowest BCUT2D eigenvalue weighted by Crippen LogP contribution is -2.63. The third-order valence-electron chi connectivity index (χ3n) is 6.41. The highest BCUT2D eigenvalue weighted by molar-refractivity contribution is 7.90. The average Bonchev–Trinajstić information content (AvgIpc) is 3.12. The molecule has 36 heavy (non-hydrogen) atoms. The summed E-state index contributed by atoms with van der Waals surface area (Å²) in [5.74, 6) is 0.0159. The Bertz CT molecular complexity index is 1270. The maximum absolute atomic E-state index is 13.1. The van der Waals surface area contributed by atoms with E-state index in [2.05, 4.69) is 17.2 Å². The van der Waals surface area contributed by atoms with Crippen molar-refractivity contribution >= 4 is 21.8 Å². The quantitative estimate of drug-likeness (QED) is 0.382. The average molecular weight is 514 g/mol. The van der Waals surface area contributed by atoms with Gasteiger partial charge in [-0.25, -0.2) is 13.2 Å². The number of ether oxygens (including phenoxy) is 2. The molecule has 2 aromatic rings.